The number of halogens is 1. The minimum absolute atomic E-state index is 0.0323. The molecule has 4 nitrogen and oxygen atoms in total. The third kappa shape index (κ3) is 3.66. The van der Waals surface area contributed by atoms with Crippen LogP contribution in [0.4, 0.5) is 0 Å². The molecule has 0 saturated carbocycles. The molecule has 0 heterocycles. The Balaban J connectivity index is 3.03. The van der Waals surface area contributed by atoms with E-state index in [9.17, 15) is 8.42 Å². The smallest absolute Gasteiger partial charge is 0.223 e. The second-order valence-electron chi connectivity index (χ2n) is 4.33. The van der Waals surface area contributed by atoms with Crippen LogP contribution in [0.25, 0.3) is 0 Å². The molecule has 1 aromatic carbocycles. The summed E-state index contributed by atoms with van der Waals surface area (Å²) < 4.78 is 25.8. The lowest BCUT2D eigenvalue weighted by Gasteiger charge is -2.27. The number of nitrogens with zero attached hydrogens (tertiary/aromatic N) is 1. The van der Waals surface area contributed by atoms with Crippen LogP contribution in [-0.4, -0.2) is 30.0 Å². The molecule has 0 aliphatic rings. The second kappa shape index (κ2) is 6.17. The highest BCUT2D eigenvalue weighted by Gasteiger charge is 2.31. The van der Waals surface area contributed by atoms with E-state index in [1.165, 1.54) is 18.3 Å². The van der Waals surface area contributed by atoms with Crippen LogP contribution in [0.2, 0.25) is 5.02 Å². The van der Waals surface area contributed by atoms with E-state index in [1.54, 1.807) is 31.2 Å². The molecule has 0 saturated heterocycles. The Morgan fingerprint density at radius 3 is 2.21 bits per heavy atom. The third-order valence-electron chi connectivity index (χ3n) is 3.15. The Hall–Kier alpha value is -0.690. The van der Waals surface area contributed by atoms with Gasteiger partial charge in [0.1, 0.15) is 5.25 Å². The Morgan fingerprint density at radius 2 is 1.79 bits per heavy atom. The number of nitrogens with two attached hydrogens (primary N) is 1. The molecule has 2 atom stereocenters. The van der Waals surface area contributed by atoms with Gasteiger partial charge in [0.2, 0.25) is 10.0 Å². The molecule has 0 aliphatic heterocycles. The van der Waals surface area contributed by atoms with Gasteiger partial charge in [-0.25, -0.2) is 8.42 Å². The van der Waals surface area contributed by atoms with Crippen LogP contribution in [-0.2, 0) is 10.0 Å². The number of hydrogen-bond donors (Lipinski definition) is 1. The van der Waals surface area contributed by atoms with Gasteiger partial charge in [-0.3, -0.25) is 0 Å². The average Bonchev–Trinajstić information content (AvgIpc) is 2.36. The van der Waals surface area contributed by atoms with Crippen LogP contribution in [0.15, 0.2) is 24.3 Å². The zero-order valence-corrected chi connectivity index (χ0v) is 13.4. The standard InChI is InChI=1S/C12H17ClN2O2S2/c1-8(10-4-6-11(13)7-5-10)15(3)19(16,17)9(2)12(14)18/h4-9H,1-3H3,(H2,14,18). The lowest BCUT2D eigenvalue weighted by Crippen LogP contribution is -2.42. The van der Waals surface area contributed by atoms with E-state index in [1.807, 2.05) is 0 Å². The molecule has 0 spiro atoms. The first-order chi connectivity index (χ1) is 8.67. The van der Waals surface area contributed by atoms with Crippen LogP contribution < -0.4 is 5.73 Å². The fourth-order valence-corrected chi connectivity index (χ4v) is 3.41. The van der Waals surface area contributed by atoms with E-state index in [2.05, 4.69) is 0 Å². The molecule has 2 N–H and O–H groups in total. The van der Waals surface area contributed by atoms with E-state index < -0.39 is 15.3 Å². The number of benzene rings is 1. The van der Waals surface area contributed by atoms with Crippen molar-refractivity contribution in [1.29, 1.82) is 0 Å². The van der Waals surface area contributed by atoms with Crippen LogP contribution in [0.1, 0.15) is 25.5 Å². The van der Waals surface area contributed by atoms with Gasteiger partial charge < -0.3 is 5.73 Å². The van der Waals surface area contributed by atoms with Crippen LogP contribution in [0.3, 0.4) is 0 Å². The topological polar surface area (TPSA) is 63.4 Å². The molecule has 0 aliphatic carbocycles. The maximum atomic E-state index is 12.3. The van der Waals surface area contributed by atoms with Crippen LogP contribution in [0, 0.1) is 0 Å². The predicted molar refractivity (Wildman–Crippen MR) is 82.8 cm³/mol. The van der Waals surface area contributed by atoms with Crippen molar-refractivity contribution < 1.29 is 8.42 Å². The molecule has 0 bridgehead atoms. The first-order valence-corrected chi connectivity index (χ1v) is 7.98. The Kier molecular flexibility index (Phi) is 5.32. The fraction of sp³-hybridized carbons (Fsp3) is 0.417. The number of thiocarbonyl (C=S) groups is 1. The molecule has 1 rings (SSSR count). The van der Waals surface area contributed by atoms with E-state index in [0.29, 0.717) is 5.02 Å². The van der Waals surface area contributed by atoms with Gasteiger partial charge in [0.05, 0.1) is 4.99 Å². The first kappa shape index (κ1) is 16.4. The molecule has 7 heteroatoms. The monoisotopic (exact) mass is 320 g/mol. The van der Waals surface area contributed by atoms with Crippen LogP contribution >= 0.6 is 23.8 Å². The van der Waals surface area contributed by atoms with Gasteiger partial charge in [-0.15, -0.1) is 0 Å². The summed E-state index contributed by atoms with van der Waals surface area (Å²) in [6.07, 6.45) is 0. The fourth-order valence-electron chi connectivity index (χ4n) is 1.57. The molecule has 0 fully saturated rings. The van der Waals surface area contributed by atoms with Crippen molar-refractivity contribution in [3.63, 3.8) is 0 Å². The molecule has 0 radical (unpaired) electrons. The minimum Gasteiger partial charge on any atom is -0.392 e. The highest BCUT2D eigenvalue weighted by atomic mass is 35.5. The molecule has 0 aromatic heterocycles. The molecule has 2 unspecified atom stereocenters. The van der Waals surface area contributed by atoms with Gasteiger partial charge in [-0.1, -0.05) is 36.0 Å². The molecular weight excluding hydrogens is 304 g/mol. The largest absolute Gasteiger partial charge is 0.392 e. The van der Waals surface area contributed by atoms with Crippen molar-refractivity contribution in [2.45, 2.75) is 25.1 Å². The van der Waals surface area contributed by atoms with Crippen molar-refractivity contribution in [2.24, 2.45) is 5.73 Å². The summed E-state index contributed by atoms with van der Waals surface area (Å²) >= 11 is 10.6. The summed E-state index contributed by atoms with van der Waals surface area (Å²) in [5.74, 6) is 0. The normalized spacial score (nSPS) is 15.2. The van der Waals surface area contributed by atoms with E-state index in [0.717, 1.165) is 5.56 Å². The minimum atomic E-state index is -3.56. The van der Waals surface area contributed by atoms with Gasteiger partial charge >= 0.3 is 0 Å². The highest BCUT2D eigenvalue weighted by molar-refractivity contribution is 7.92. The Labute approximate surface area is 124 Å². The SMILES string of the molecule is CC(c1ccc(Cl)cc1)N(C)S(=O)(=O)C(C)C(N)=S. The summed E-state index contributed by atoms with van der Waals surface area (Å²) in [5.41, 5.74) is 6.28. The van der Waals surface area contributed by atoms with Crippen molar-refractivity contribution in [1.82, 2.24) is 4.31 Å². The molecular formula is C12H17ClN2O2S2. The van der Waals surface area contributed by atoms with Gasteiger partial charge in [0, 0.05) is 18.1 Å². The highest BCUT2D eigenvalue weighted by Crippen LogP contribution is 2.24. The van der Waals surface area contributed by atoms with Gasteiger partial charge in [0.15, 0.2) is 0 Å². The summed E-state index contributed by atoms with van der Waals surface area (Å²) in [7, 11) is -2.04. The zero-order valence-electron chi connectivity index (χ0n) is 11.0. The van der Waals surface area contributed by atoms with Crippen molar-refractivity contribution in [2.75, 3.05) is 7.05 Å². The first-order valence-electron chi connectivity index (χ1n) is 5.69. The second-order valence-corrected chi connectivity index (χ2v) is 7.55. The zero-order chi connectivity index (χ0) is 14.8. The average molecular weight is 321 g/mol. The van der Waals surface area contributed by atoms with Gasteiger partial charge in [-0.05, 0) is 31.5 Å². The van der Waals surface area contributed by atoms with Crippen molar-refractivity contribution in [3.8, 4) is 0 Å². The summed E-state index contributed by atoms with van der Waals surface area (Å²) in [4.78, 5) is -0.0323. The van der Waals surface area contributed by atoms with Crippen LogP contribution in [0.5, 0.6) is 0 Å². The third-order valence-corrected chi connectivity index (χ3v) is 6.17. The number of hydrogen-bond acceptors (Lipinski definition) is 3. The lowest BCUT2D eigenvalue weighted by atomic mass is 10.1. The van der Waals surface area contributed by atoms with Crippen molar-refractivity contribution in [3.05, 3.63) is 34.9 Å². The number of sulfonamides is 1. The molecule has 19 heavy (non-hydrogen) atoms. The molecule has 0 amide bonds. The predicted octanol–water partition coefficient (Wildman–Crippen LogP) is 2.34. The number of rotatable bonds is 5. The maximum absolute atomic E-state index is 12.3. The summed E-state index contributed by atoms with van der Waals surface area (Å²) in [6, 6.07) is 6.73. The van der Waals surface area contributed by atoms with E-state index in [-0.39, 0.29) is 11.0 Å². The lowest BCUT2D eigenvalue weighted by molar-refractivity contribution is 0.397. The van der Waals surface area contributed by atoms with E-state index >= 15 is 0 Å². The molecule has 106 valence electrons. The Bertz CT molecular complexity index is 558. The van der Waals surface area contributed by atoms with Gasteiger partial charge in [0.25, 0.3) is 0 Å². The summed E-state index contributed by atoms with van der Waals surface area (Å²) in [6.45, 7) is 3.29. The maximum Gasteiger partial charge on any atom is 0.223 e. The van der Waals surface area contributed by atoms with Gasteiger partial charge in [-0.2, -0.15) is 4.31 Å². The Morgan fingerprint density at radius 1 is 1.32 bits per heavy atom. The van der Waals surface area contributed by atoms with E-state index in [4.69, 9.17) is 29.6 Å². The van der Waals surface area contributed by atoms with Crippen molar-refractivity contribution >= 4 is 38.8 Å². The summed E-state index contributed by atoms with van der Waals surface area (Å²) in [5, 5.41) is -0.278. The quantitative estimate of drug-likeness (QED) is 0.846. The molecule has 1 aromatic rings.